The van der Waals surface area contributed by atoms with Gasteiger partial charge in [0.05, 0.1) is 35.1 Å². The number of aliphatic hydroxyl groups excluding tert-OH is 1. The van der Waals surface area contributed by atoms with E-state index >= 15 is 0 Å². The molecule has 0 saturated heterocycles. The zero-order valence-electron chi connectivity index (χ0n) is 18.9. The lowest BCUT2D eigenvalue weighted by molar-refractivity contribution is -0.138. The van der Waals surface area contributed by atoms with Crippen LogP contribution < -0.4 is 0 Å². The van der Waals surface area contributed by atoms with Crippen LogP contribution in [-0.4, -0.2) is 21.7 Å². The molecule has 4 aromatic rings. The summed E-state index contributed by atoms with van der Waals surface area (Å²) in [7, 11) is 0. The van der Waals surface area contributed by atoms with Gasteiger partial charge >= 0.3 is 12.4 Å². The highest BCUT2D eigenvalue weighted by atomic mass is 35.5. The molecule has 0 fully saturated rings. The summed E-state index contributed by atoms with van der Waals surface area (Å²) in [6.45, 7) is -0.345. The standard InChI is InChI=1S/C12H9ClF3NO2.C12H7ClF3NO2/c2*13-5-10-9(6-18)11(19-17-10)7-1-3-8(4-2-7)12(14,15)16/h1-4,18H,5-6H2;1-4,6H,5H2. The van der Waals surface area contributed by atoms with Crippen molar-refractivity contribution in [3.8, 4) is 22.6 Å². The van der Waals surface area contributed by atoms with Crippen molar-refractivity contribution in [2.45, 2.75) is 30.7 Å². The summed E-state index contributed by atoms with van der Waals surface area (Å²) in [6.07, 6.45) is -8.28. The van der Waals surface area contributed by atoms with Gasteiger partial charge < -0.3 is 14.2 Å². The molecule has 6 nitrogen and oxygen atoms in total. The number of carbonyl (C=O) groups is 1. The molecule has 0 spiro atoms. The van der Waals surface area contributed by atoms with E-state index in [2.05, 4.69) is 10.3 Å². The van der Waals surface area contributed by atoms with Crippen LogP contribution in [0.4, 0.5) is 26.3 Å². The molecule has 38 heavy (non-hydrogen) atoms. The number of nitrogens with zero attached hydrogens (tertiary/aromatic N) is 2. The molecule has 0 unspecified atom stereocenters. The minimum atomic E-state index is -4.41. The van der Waals surface area contributed by atoms with E-state index in [1.807, 2.05) is 0 Å². The summed E-state index contributed by atoms with van der Waals surface area (Å²) in [5.41, 5.74) is 0.370. The Morgan fingerprint density at radius 2 is 1.16 bits per heavy atom. The minimum Gasteiger partial charge on any atom is -0.391 e. The first-order chi connectivity index (χ1) is 17.9. The molecule has 0 bridgehead atoms. The van der Waals surface area contributed by atoms with Gasteiger partial charge in [0.15, 0.2) is 17.8 Å². The van der Waals surface area contributed by atoms with E-state index in [0.717, 1.165) is 24.3 Å². The van der Waals surface area contributed by atoms with Crippen molar-refractivity contribution in [1.82, 2.24) is 10.3 Å². The Morgan fingerprint density at radius 3 is 1.55 bits per heavy atom. The third-order valence-electron chi connectivity index (χ3n) is 5.15. The van der Waals surface area contributed by atoms with Gasteiger partial charge in [-0.2, -0.15) is 26.3 Å². The first-order valence-corrected chi connectivity index (χ1v) is 11.5. The van der Waals surface area contributed by atoms with Crippen LogP contribution in [0.15, 0.2) is 57.6 Å². The maximum atomic E-state index is 12.4. The van der Waals surface area contributed by atoms with Crippen molar-refractivity contribution >= 4 is 29.5 Å². The molecule has 0 atom stereocenters. The van der Waals surface area contributed by atoms with Gasteiger partial charge in [-0.1, -0.05) is 34.6 Å². The Balaban J connectivity index is 0.000000211. The highest BCUT2D eigenvalue weighted by molar-refractivity contribution is 6.17. The Kier molecular flexibility index (Phi) is 9.23. The monoisotopic (exact) mass is 580 g/mol. The molecule has 0 saturated carbocycles. The molecule has 14 heteroatoms. The maximum Gasteiger partial charge on any atom is 0.416 e. The first kappa shape index (κ1) is 29.2. The van der Waals surface area contributed by atoms with E-state index in [1.54, 1.807) is 0 Å². The Labute approximate surface area is 220 Å². The van der Waals surface area contributed by atoms with Crippen LogP contribution in [0.1, 0.15) is 38.4 Å². The SMILES string of the molecule is O=Cc1c(CCl)noc1-c1ccc(C(F)(F)F)cc1.OCc1c(CCl)noc1-c1ccc(C(F)(F)F)cc1. The molecule has 0 aliphatic carbocycles. The van der Waals surface area contributed by atoms with Crippen molar-refractivity contribution in [2.24, 2.45) is 0 Å². The Bertz CT molecular complexity index is 1360. The summed E-state index contributed by atoms with van der Waals surface area (Å²) in [5, 5.41) is 16.5. The summed E-state index contributed by atoms with van der Waals surface area (Å²) >= 11 is 11.2. The normalized spacial score (nSPS) is 11.7. The number of rotatable bonds is 6. The molecule has 0 aliphatic rings. The maximum absolute atomic E-state index is 12.4. The lowest BCUT2D eigenvalue weighted by Crippen LogP contribution is -2.04. The summed E-state index contributed by atoms with van der Waals surface area (Å²) in [5.74, 6) is 0.379. The second-order valence-electron chi connectivity index (χ2n) is 7.50. The van der Waals surface area contributed by atoms with Crippen molar-refractivity contribution in [1.29, 1.82) is 0 Å². The minimum absolute atomic E-state index is 0.0157. The van der Waals surface area contributed by atoms with Crippen LogP contribution >= 0.6 is 23.2 Å². The summed E-state index contributed by atoms with van der Waals surface area (Å²) < 4.78 is 84.5. The van der Waals surface area contributed by atoms with E-state index in [0.29, 0.717) is 28.7 Å². The van der Waals surface area contributed by atoms with Gasteiger partial charge in [0.1, 0.15) is 11.4 Å². The summed E-state index contributed by atoms with van der Waals surface area (Å²) in [4.78, 5) is 10.9. The molecule has 2 aromatic heterocycles. The summed E-state index contributed by atoms with van der Waals surface area (Å²) in [6, 6.07) is 8.67. The number of aldehydes is 1. The predicted octanol–water partition coefficient (Wildman–Crippen LogP) is 7.50. The fourth-order valence-electron chi connectivity index (χ4n) is 3.21. The third kappa shape index (κ3) is 6.55. The molecule has 4 rings (SSSR count). The van der Waals surface area contributed by atoms with E-state index < -0.39 is 23.5 Å². The lowest BCUT2D eigenvalue weighted by atomic mass is 10.1. The van der Waals surface area contributed by atoms with Crippen LogP contribution in [-0.2, 0) is 30.7 Å². The average molecular weight is 581 g/mol. The highest BCUT2D eigenvalue weighted by Crippen LogP contribution is 2.34. The van der Waals surface area contributed by atoms with Gasteiger partial charge in [-0.3, -0.25) is 4.79 Å². The predicted molar refractivity (Wildman–Crippen MR) is 124 cm³/mol. The Morgan fingerprint density at radius 1 is 0.737 bits per heavy atom. The third-order valence-corrected chi connectivity index (χ3v) is 5.66. The number of hydrogen-bond donors (Lipinski definition) is 1. The molecule has 2 aromatic carbocycles. The van der Waals surface area contributed by atoms with Crippen LogP contribution in [0.2, 0.25) is 0 Å². The fourth-order valence-corrected chi connectivity index (χ4v) is 3.62. The van der Waals surface area contributed by atoms with Crippen molar-refractivity contribution < 1.29 is 45.3 Å². The Hall–Kier alpha value is -3.35. The van der Waals surface area contributed by atoms with E-state index in [-0.39, 0.29) is 41.1 Å². The fraction of sp³-hybridized carbons (Fsp3) is 0.208. The molecular formula is C24H16Cl2F6N2O4. The second-order valence-corrected chi connectivity index (χ2v) is 8.04. The van der Waals surface area contributed by atoms with Gasteiger partial charge in [0.2, 0.25) is 0 Å². The quantitative estimate of drug-likeness (QED) is 0.144. The van der Waals surface area contributed by atoms with Gasteiger partial charge in [0, 0.05) is 16.7 Å². The molecule has 2 heterocycles. The molecule has 1 N–H and O–H groups in total. The topological polar surface area (TPSA) is 89.4 Å². The van der Waals surface area contributed by atoms with E-state index in [4.69, 9.17) is 32.2 Å². The number of hydrogen-bond acceptors (Lipinski definition) is 6. The van der Waals surface area contributed by atoms with Gasteiger partial charge in [0.25, 0.3) is 0 Å². The van der Waals surface area contributed by atoms with Crippen molar-refractivity contribution in [3.05, 3.63) is 82.2 Å². The van der Waals surface area contributed by atoms with Crippen molar-refractivity contribution in [2.75, 3.05) is 0 Å². The zero-order chi connectivity index (χ0) is 28.1. The largest absolute Gasteiger partial charge is 0.416 e. The van der Waals surface area contributed by atoms with Gasteiger partial charge in [-0.25, -0.2) is 0 Å². The van der Waals surface area contributed by atoms with E-state index in [1.165, 1.54) is 24.3 Å². The molecule has 0 aliphatic heterocycles. The number of aliphatic hydroxyl groups is 1. The van der Waals surface area contributed by atoms with Crippen LogP contribution in [0.3, 0.4) is 0 Å². The zero-order valence-corrected chi connectivity index (χ0v) is 20.4. The number of benzene rings is 2. The number of aromatic nitrogens is 2. The molecule has 0 amide bonds. The van der Waals surface area contributed by atoms with Crippen LogP contribution in [0.5, 0.6) is 0 Å². The van der Waals surface area contributed by atoms with Gasteiger partial charge in [-0.15, -0.1) is 23.2 Å². The number of alkyl halides is 8. The van der Waals surface area contributed by atoms with Crippen molar-refractivity contribution in [3.63, 3.8) is 0 Å². The first-order valence-electron chi connectivity index (χ1n) is 10.4. The average Bonchev–Trinajstić information content (AvgIpc) is 3.51. The smallest absolute Gasteiger partial charge is 0.391 e. The highest BCUT2D eigenvalue weighted by Gasteiger charge is 2.31. The van der Waals surface area contributed by atoms with Gasteiger partial charge in [-0.05, 0) is 24.3 Å². The second kappa shape index (κ2) is 12.0. The number of halogens is 8. The molecular weight excluding hydrogens is 565 g/mol. The molecule has 0 radical (unpaired) electrons. The molecule has 202 valence electrons. The van der Waals surface area contributed by atoms with Crippen LogP contribution in [0.25, 0.3) is 22.6 Å². The van der Waals surface area contributed by atoms with Crippen LogP contribution in [0, 0.1) is 0 Å². The number of carbonyl (C=O) groups excluding carboxylic acids is 1. The lowest BCUT2D eigenvalue weighted by Gasteiger charge is -2.06. The van der Waals surface area contributed by atoms with E-state index in [9.17, 15) is 36.2 Å².